The Balaban J connectivity index is 2.43. The van der Waals surface area contributed by atoms with Crippen LogP contribution in [-0.4, -0.2) is 41.3 Å². The summed E-state index contributed by atoms with van der Waals surface area (Å²) in [5.74, 6) is 0.759. The average molecular weight is 288 g/mol. The molecular formula is C11H16N2O3S2. The number of hydrogen-bond donors (Lipinski definition) is 1. The molecule has 100 valence electrons. The first-order valence-electron chi connectivity index (χ1n) is 5.75. The van der Waals surface area contributed by atoms with E-state index >= 15 is 0 Å². The number of aromatic nitrogens is 1. The van der Waals surface area contributed by atoms with E-state index in [0.29, 0.717) is 6.54 Å². The van der Waals surface area contributed by atoms with E-state index in [-0.39, 0.29) is 16.2 Å². The maximum atomic E-state index is 12.5. The van der Waals surface area contributed by atoms with E-state index in [9.17, 15) is 13.2 Å². The molecule has 5 nitrogen and oxygen atoms in total. The fraction of sp³-hybridized carbons (Fsp3) is 0.545. The zero-order valence-electron chi connectivity index (χ0n) is 10.3. The van der Waals surface area contributed by atoms with Gasteiger partial charge in [0.05, 0.1) is 0 Å². The molecule has 1 aliphatic rings. The minimum absolute atomic E-state index is 0.103. The highest BCUT2D eigenvalue weighted by atomic mass is 32.2. The number of thioether (sulfide) groups is 1. The molecule has 0 spiro atoms. The van der Waals surface area contributed by atoms with Crippen LogP contribution in [0.25, 0.3) is 0 Å². The van der Waals surface area contributed by atoms with Crippen LogP contribution in [-0.2, 0) is 10.0 Å². The fourth-order valence-electron chi connectivity index (χ4n) is 1.97. The van der Waals surface area contributed by atoms with Crippen LogP contribution in [0.4, 0.5) is 0 Å². The summed E-state index contributed by atoms with van der Waals surface area (Å²) in [5, 5.41) is 0.233. The standard InChI is InChI=1S/C11H16N2O3S2/c1-8-9(2)17-6-5-13(8)18(15,16)11-7-12-4-3-10(11)14/h3-4,7-9H,5-6H2,1-2H3,(H,12,14). The van der Waals surface area contributed by atoms with Crippen molar-refractivity contribution in [3.8, 4) is 0 Å². The number of nitrogens with one attached hydrogen (secondary N) is 1. The molecule has 0 aliphatic carbocycles. The molecule has 1 aliphatic heterocycles. The molecule has 18 heavy (non-hydrogen) atoms. The van der Waals surface area contributed by atoms with Gasteiger partial charge in [-0.15, -0.1) is 0 Å². The van der Waals surface area contributed by atoms with Crippen molar-refractivity contribution in [1.29, 1.82) is 0 Å². The normalized spacial score (nSPS) is 26.1. The van der Waals surface area contributed by atoms with E-state index < -0.39 is 15.5 Å². The molecule has 0 saturated carbocycles. The van der Waals surface area contributed by atoms with Crippen LogP contribution in [0, 0.1) is 0 Å². The molecule has 1 N–H and O–H groups in total. The van der Waals surface area contributed by atoms with Crippen molar-refractivity contribution in [2.75, 3.05) is 12.3 Å². The predicted octanol–water partition coefficient (Wildman–Crippen LogP) is 0.889. The predicted molar refractivity (Wildman–Crippen MR) is 72.3 cm³/mol. The number of pyridine rings is 1. The summed E-state index contributed by atoms with van der Waals surface area (Å²) in [5.41, 5.74) is -0.466. The lowest BCUT2D eigenvalue weighted by Gasteiger charge is -2.36. The molecule has 1 aromatic heterocycles. The molecule has 2 atom stereocenters. The molecule has 7 heteroatoms. The first-order chi connectivity index (χ1) is 8.44. The number of hydrogen-bond acceptors (Lipinski definition) is 4. The maximum absolute atomic E-state index is 12.5. The highest BCUT2D eigenvalue weighted by Gasteiger charge is 2.35. The Morgan fingerprint density at radius 1 is 1.44 bits per heavy atom. The molecule has 1 aromatic rings. The zero-order chi connectivity index (χ0) is 13.3. The van der Waals surface area contributed by atoms with Gasteiger partial charge in [0, 0.05) is 42.0 Å². The van der Waals surface area contributed by atoms with Gasteiger partial charge in [-0.25, -0.2) is 8.42 Å². The fourth-order valence-corrected chi connectivity index (χ4v) is 5.01. The lowest BCUT2D eigenvalue weighted by atomic mass is 10.2. The van der Waals surface area contributed by atoms with Crippen LogP contribution in [0.5, 0.6) is 0 Å². The monoisotopic (exact) mass is 288 g/mol. The van der Waals surface area contributed by atoms with E-state index in [2.05, 4.69) is 4.98 Å². The molecular weight excluding hydrogens is 272 g/mol. The van der Waals surface area contributed by atoms with Gasteiger partial charge < -0.3 is 4.98 Å². The summed E-state index contributed by atoms with van der Waals surface area (Å²) in [4.78, 5) is 14.2. The SMILES string of the molecule is CC1SCCN(S(=O)(=O)c2c[nH]ccc2=O)C1C. The Morgan fingerprint density at radius 3 is 2.83 bits per heavy atom. The van der Waals surface area contributed by atoms with Crippen LogP contribution in [0.3, 0.4) is 0 Å². The van der Waals surface area contributed by atoms with Gasteiger partial charge in [0.2, 0.25) is 15.5 Å². The lowest BCUT2D eigenvalue weighted by Crippen LogP contribution is -2.48. The van der Waals surface area contributed by atoms with Crippen LogP contribution in [0.1, 0.15) is 13.8 Å². The number of H-pyrrole nitrogens is 1. The topological polar surface area (TPSA) is 70.2 Å². The number of sulfonamides is 1. The van der Waals surface area contributed by atoms with Crippen molar-refractivity contribution >= 4 is 21.8 Å². The third kappa shape index (κ3) is 2.34. The van der Waals surface area contributed by atoms with Crippen molar-refractivity contribution in [3.05, 3.63) is 28.7 Å². The summed E-state index contributed by atoms with van der Waals surface area (Å²) >= 11 is 1.75. The van der Waals surface area contributed by atoms with E-state index in [1.54, 1.807) is 11.8 Å². The Morgan fingerprint density at radius 2 is 2.17 bits per heavy atom. The van der Waals surface area contributed by atoms with Gasteiger partial charge >= 0.3 is 0 Å². The van der Waals surface area contributed by atoms with Crippen LogP contribution in [0.2, 0.25) is 0 Å². The van der Waals surface area contributed by atoms with Gasteiger partial charge in [-0.3, -0.25) is 4.79 Å². The molecule has 0 bridgehead atoms. The first kappa shape index (κ1) is 13.6. The molecule has 2 rings (SSSR count). The summed E-state index contributed by atoms with van der Waals surface area (Å²) in [7, 11) is -3.70. The molecule has 0 amide bonds. The van der Waals surface area contributed by atoms with Gasteiger partial charge in [0.25, 0.3) is 0 Å². The smallest absolute Gasteiger partial charge is 0.248 e. The Kier molecular flexibility index (Phi) is 3.84. The molecule has 0 radical (unpaired) electrons. The summed E-state index contributed by atoms with van der Waals surface area (Å²) < 4.78 is 26.4. The summed E-state index contributed by atoms with van der Waals surface area (Å²) in [6, 6.07) is 1.13. The number of aromatic amines is 1. The van der Waals surface area contributed by atoms with Crippen LogP contribution in [0.15, 0.2) is 28.2 Å². The number of rotatable bonds is 2. The quantitative estimate of drug-likeness (QED) is 0.877. The Bertz CT molecular complexity index is 582. The van der Waals surface area contributed by atoms with E-state index in [4.69, 9.17) is 0 Å². The second kappa shape index (κ2) is 5.07. The minimum Gasteiger partial charge on any atom is -0.366 e. The highest BCUT2D eigenvalue weighted by molar-refractivity contribution is 8.00. The lowest BCUT2D eigenvalue weighted by molar-refractivity contribution is 0.340. The van der Waals surface area contributed by atoms with Crippen molar-refractivity contribution in [3.63, 3.8) is 0 Å². The average Bonchev–Trinajstić information content (AvgIpc) is 2.32. The van der Waals surface area contributed by atoms with Gasteiger partial charge in [0.1, 0.15) is 4.90 Å². The van der Waals surface area contributed by atoms with Crippen molar-refractivity contribution < 1.29 is 8.42 Å². The Hall–Kier alpha value is -0.790. The van der Waals surface area contributed by atoms with Crippen molar-refractivity contribution in [2.45, 2.75) is 30.0 Å². The number of nitrogens with zero attached hydrogens (tertiary/aromatic N) is 1. The highest BCUT2D eigenvalue weighted by Crippen LogP contribution is 2.28. The molecule has 1 saturated heterocycles. The largest absolute Gasteiger partial charge is 0.366 e. The summed E-state index contributed by atoms with van der Waals surface area (Å²) in [6.45, 7) is 4.34. The molecule has 0 aromatic carbocycles. The van der Waals surface area contributed by atoms with Crippen LogP contribution >= 0.6 is 11.8 Å². The third-order valence-corrected chi connectivity index (χ3v) is 6.55. The van der Waals surface area contributed by atoms with Gasteiger partial charge in [-0.05, 0) is 6.92 Å². The third-order valence-electron chi connectivity index (χ3n) is 3.20. The maximum Gasteiger partial charge on any atom is 0.248 e. The van der Waals surface area contributed by atoms with Crippen LogP contribution < -0.4 is 5.43 Å². The molecule has 2 unspecified atom stereocenters. The van der Waals surface area contributed by atoms with E-state index in [1.807, 2.05) is 13.8 Å². The first-order valence-corrected chi connectivity index (χ1v) is 8.24. The van der Waals surface area contributed by atoms with Crippen molar-refractivity contribution in [2.24, 2.45) is 0 Å². The van der Waals surface area contributed by atoms with Gasteiger partial charge in [-0.2, -0.15) is 16.1 Å². The van der Waals surface area contributed by atoms with Crippen molar-refractivity contribution in [1.82, 2.24) is 9.29 Å². The molecule has 2 heterocycles. The molecule has 1 fully saturated rings. The summed E-state index contributed by atoms with van der Waals surface area (Å²) in [6.07, 6.45) is 2.69. The Labute approximate surface area is 111 Å². The zero-order valence-corrected chi connectivity index (χ0v) is 11.9. The van der Waals surface area contributed by atoms with E-state index in [1.165, 1.54) is 22.8 Å². The van der Waals surface area contributed by atoms with Gasteiger partial charge in [-0.1, -0.05) is 6.92 Å². The second-order valence-electron chi connectivity index (χ2n) is 4.31. The van der Waals surface area contributed by atoms with Gasteiger partial charge in [0.15, 0.2) is 0 Å². The second-order valence-corrected chi connectivity index (χ2v) is 7.65. The minimum atomic E-state index is -3.70. The van der Waals surface area contributed by atoms with E-state index in [0.717, 1.165) is 5.75 Å².